The van der Waals surface area contributed by atoms with Crippen molar-refractivity contribution in [1.82, 2.24) is 14.9 Å². The second kappa shape index (κ2) is 9.44. The van der Waals surface area contributed by atoms with E-state index >= 15 is 0 Å². The molecular formula is C26H22ClFN4OS. The quantitative estimate of drug-likeness (QED) is 0.323. The molecule has 2 atom stereocenters. The third-order valence-electron chi connectivity index (χ3n) is 5.79. The van der Waals surface area contributed by atoms with Gasteiger partial charge in [0, 0.05) is 29.5 Å². The highest BCUT2D eigenvalue weighted by atomic mass is 35.5. The van der Waals surface area contributed by atoms with Crippen LogP contribution in [0, 0.1) is 5.82 Å². The number of nitrogens with zero attached hydrogens (tertiary/aromatic N) is 3. The van der Waals surface area contributed by atoms with Crippen LogP contribution < -0.4 is 15.0 Å². The van der Waals surface area contributed by atoms with Crippen LogP contribution in [0.25, 0.3) is 5.69 Å². The number of hydrogen-bond donors (Lipinski definition) is 1. The standard InChI is InChI=1S/C26H22ClFN4OS/c1-2-33-19-11-8-17(9-12-19)32-25(24(30-26(32)34)22-6-3-4-14-29-22)23-7-5-15-31(23)18-10-13-21(28)20(27)16-18/h3-16,24-25H,2H2,1H3,(H,30,34)/t24-,25-/m0/s1. The molecular weight excluding hydrogens is 471 g/mol. The van der Waals surface area contributed by atoms with Gasteiger partial charge in [-0.2, -0.15) is 0 Å². The summed E-state index contributed by atoms with van der Waals surface area (Å²) in [4.78, 5) is 6.69. The fraction of sp³-hybridized carbons (Fsp3) is 0.154. The molecule has 4 aromatic rings. The molecule has 3 heterocycles. The smallest absolute Gasteiger partial charge is 0.174 e. The molecule has 34 heavy (non-hydrogen) atoms. The highest BCUT2D eigenvalue weighted by molar-refractivity contribution is 7.80. The Morgan fingerprint density at radius 2 is 1.85 bits per heavy atom. The van der Waals surface area contributed by atoms with Crippen molar-refractivity contribution in [2.75, 3.05) is 11.5 Å². The molecule has 0 saturated carbocycles. The third-order valence-corrected chi connectivity index (χ3v) is 6.39. The summed E-state index contributed by atoms with van der Waals surface area (Å²) in [5, 5.41) is 4.12. The van der Waals surface area contributed by atoms with E-state index in [1.807, 2.05) is 72.3 Å². The summed E-state index contributed by atoms with van der Waals surface area (Å²) in [7, 11) is 0. The molecule has 0 spiro atoms. The van der Waals surface area contributed by atoms with Gasteiger partial charge < -0.3 is 19.5 Å². The molecule has 0 unspecified atom stereocenters. The Balaban J connectivity index is 1.63. The van der Waals surface area contributed by atoms with E-state index < -0.39 is 5.82 Å². The van der Waals surface area contributed by atoms with Gasteiger partial charge in [-0.1, -0.05) is 17.7 Å². The predicted molar refractivity (Wildman–Crippen MR) is 136 cm³/mol. The van der Waals surface area contributed by atoms with E-state index in [1.54, 1.807) is 18.3 Å². The minimum Gasteiger partial charge on any atom is -0.494 e. The van der Waals surface area contributed by atoms with E-state index in [4.69, 9.17) is 28.6 Å². The molecule has 0 aliphatic carbocycles. The number of pyridine rings is 1. The van der Waals surface area contributed by atoms with Crippen LogP contribution in [0.3, 0.4) is 0 Å². The molecule has 1 aliphatic heterocycles. The summed E-state index contributed by atoms with van der Waals surface area (Å²) in [6.45, 7) is 2.55. The number of nitrogens with one attached hydrogen (secondary N) is 1. The van der Waals surface area contributed by atoms with E-state index in [2.05, 4.69) is 15.2 Å². The van der Waals surface area contributed by atoms with Gasteiger partial charge in [0.1, 0.15) is 17.6 Å². The average Bonchev–Trinajstić information content (AvgIpc) is 3.46. The zero-order valence-electron chi connectivity index (χ0n) is 18.4. The fourth-order valence-corrected chi connectivity index (χ4v) is 4.83. The molecule has 1 saturated heterocycles. The van der Waals surface area contributed by atoms with E-state index in [-0.39, 0.29) is 17.1 Å². The molecule has 1 fully saturated rings. The van der Waals surface area contributed by atoms with Crippen LogP contribution in [0.2, 0.25) is 5.02 Å². The van der Waals surface area contributed by atoms with Gasteiger partial charge in [0.15, 0.2) is 5.11 Å². The Bertz CT molecular complexity index is 1310. The van der Waals surface area contributed by atoms with Crippen molar-refractivity contribution >= 4 is 34.6 Å². The molecule has 1 aliphatic rings. The largest absolute Gasteiger partial charge is 0.494 e. The fourth-order valence-electron chi connectivity index (χ4n) is 4.31. The second-order valence-corrected chi connectivity index (χ2v) is 8.62. The number of benzene rings is 2. The highest BCUT2D eigenvalue weighted by Crippen LogP contribution is 2.42. The molecule has 2 aromatic carbocycles. The molecule has 1 N–H and O–H groups in total. The second-order valence-electron chi connectivity index (χ2n) is 7.82. The molecule has 172 valence electrons. The van der Waals surface area contributed by atoms with Crippen LogP contribution in [0.5, 0.6) is 5.75 Å². The number of ether oxygens (including phenoxy) is 1. The number of thiocarbonyl (C=S) groups is 1. The molecule has 8 heteroatoms. The van der Waals surface area contributed by atoms with Gasteiger partial charge in [0.05, 0.1) is 23.4 Å². The number of aromatic nitrogens is 2. The maximum atomic E-state index is 13.9. The lowest BCUT2D eigenvalue weighted by Gasteiger charge is -2.29. The van der Waals surface area contributed by atoms with Crippen molar-refractivity contribution in [2.45, 2.75) is 19.0 Å². The van der Waals surface area contributed by atoms with Crippen molar-refractivity contribution < 1.29 is 9.13 Å². The first-order chi connectivity index (χ1) is 16.6. The number of rotatable bonds is 6. The van der Waals surface area contributed by atoms with Crippen LogP contribution in [0.15, 0.2) is 85.2 Å². The zero-order chi connectivity index (χ0) is 23.7. The Morgan fingerprint density at radius 3 is 2.56 bits per heavy atom. The van der Waals surface area contributed by atoms with Crippen molar-refractivity contribution in [3.63, 3.8) is 0 Å². The van der Waals surface area contributed by atoms with Gasteiger partial charge in [-0.05, 0) is 85.9 Å². The summed E-state index contributed by atoms with van der Waals surface area (Å²) in [5.74, 6) is 0.344. The number of halogens is 2. The maximum Gasteiger partial charge on any atom is 0.174 e. The SMILES string of the molecule is CCOc1ccc(N2C(=S)N[C@@H](c3ccccn3)[C@@H]2c2cccn2-c2ccc(F)c(Cl)c2)cc1. The average molecular weight is 493 g/mol. The van der Waals surface area contributed by atoms with Gasteiger partial charge >= 0.3 is 0 Å². The van der Waals surface area contributed by atoms with Gasteiger partial charge in [0.25, 0.3) is 0 Å². The summed E-state index contributed by atoms with van der Waals surface area (Å²) >= 11 is 11.9. The molecule has 0 radical (unpaired) electrons. The Morgan fingerprint density at radius 1 is 1.06 bits per heavy atom. The Labute approximate surface area is 207 Å². The molecule has 2 aromatic heterocycles. The van der Waals surface area contributed by atoms with E-state index in [0.717, 1.165) is 28.5 Å². The van der Waals surface area contributed by atoms with E-state index in [1.165, 1.54) is 6.07 Å². The lowest BCUT2D eigenvalue weighted by atomic mass is 10.0. The first-order valence-corrected chi connectivity index (χ1v) is 11.7. The summed E-state index contributed by atoms with van der Waals surface area (Å²) in [5.41, 5.74) is 3.51. The minimum absolute atomic E-state index is 0.0712. The van der Waals surface area contributed by atoms with Gasteiger partial charge in [0.2, 0.25) is 0 Å². The van der Waals surface area contributed by atoms with Crippen molar-refractivity contribution in [3.8, 4) is 11.4 Å². The molecule has 5 nitrogen and oxygen atoms in total. The summed E-state index contributed by atoms with van der Waals surface area (Å²) in [6, 6.07) is 22.0. The van der Waals surface area contributed by atoms with E-state index in [0.29, 0.717) is 11.7 Å². The molecule has 5 rings (SSSR count). The first-order valence-electron chi connectivity index (χ1n) is 10.9. The predicted octanol–water partition coefficient (Wildman–Crippen LogP) is 6.24. The van der Waals surface area contributed by atoms with Crippen LogP contribution >= 0.6 is 23.8 Å². The van der Waals surface area contributed by atoms with E-state index in [9.17, 15) is 4.39 Å². The van der Waals surface area contributed by atoms with Crippen molar-refractivity contribution in [2.24, 2.45) is 0 Å². The summed E-state index contributed by atoms with van der Waals surface area (Å²) < 4.78 is 21.5. The van der Waals surface area contributed by atoms with Gasteiger partial charge in [-0.3, -0.25) is 4.98 Å². The van der Waals surface area contributed by atoms with Gasteiger partial charge in [-0.15, -0.1) is 0 Å². The third kappa shape index (κ3) is 4.13. The Hall–Kier alpha value is -3.42. The van der Waals surface area contributed by atoms with Crippen LogP contribution in [0.1, 0.15) is 30.4 Å². The lowest BCUT2D eigenvalue weighted by Crippen LogP contribution is -2.30. The van der Waals surface area contributed by atoms with Crippen LogP contribution in [0.4, 0.5) is 10.1 Å². The van der Waals surface area contributed by atoms with Gasteiger partial charge in [-0.25, -0.2) is 4.39 Å². The molecule has 0 amide bonds. The minimum atomic E-state index is -0.454. The highest BCUT2D eigenvalue weighted by Gasteiger charge is 2.42. The topological polar surface area (TPSA) is 42.3 Å². The zero-order valence-corrected chi connectivity index (χ0v) is 19.9. The number of anilines is 1. The molecule has 0 bridgehead atoms. The van der Waals surface area contributed by atoms with Crippen molar-refractivity contribution in [3.05, 3.63) is 107 Å². The van der Waals surface area contributed by atoms with Crippen molar-refractivity contribution in [1.29, 1.82) is 0 Å². The van der Waals surface area contributed by atoms with Crippen LogP contribution in [-0.2, 0) is 0 Å². The Kier molecular flexibility index (Phi) is 6.22. The summed E-state index contributed by atoms with van der Waals surface area (Å²) in [6.07, 6.45) is 3.71. The monoisotopic (exact) mass is 492 g/mol. The lowest BCUT2D eigenvalue weighted by molar-refractivity contribution is 0.340. The van der Waals surface area contributed by atoms with Crippen LogP contribution in [-0.4, -0.2) is 21.3 Å². The maximum absolute atomic E-state index is 13.9. The first kappa shape index (κ1) is 22.4. The number of hydrogen-bond acceptors (Lipinski definition) is 3. The normalized spacial score (nSPS) is 17.6.